The Labute approximate surface area is 46.1 Å². The molecule has 0 rings (SSSR count). The molecule has 0 atom stereocenters. The highest BCUT2D eigenvalue weighted by Crippen LogP contribution is 1.90. The van der Waals surface area contributed by atoms with E-state index in [1.807, 2.05) is 0 Å². The first-order chi connectivity index (χ1) is 2.81. The summed E-state index contributed by atoms with van der Waals surface area (Å²) in [5, 5.41) is 0. The minimum absolute atomic E-state index is 0.197. The Kier molecular flexibility index (Phi) is 2.63. The van der Waals surface area contributed by atoms with Crippen molar-refractivity contribution in [2.24, 2.45) is 0 Å². The van der Waals surface area contributed by atoms with Crippen LogP contribution >= 0.6 is 15.9 Å². The van der Waals surface area contributed by atoms with E-state index < -0.39 is 0 Å². The second-order valence-electron chi connectivity index (χ2n) is 0.696. The molecule has 0 aliphatic rings. The molecule has 0 bridgehead atoms. The summed E-state index contributed by atoms with van der Waals surface area (Å²) in [7, 11) is 0. The molecular formula is C5H3Br. The van der Waals surface area contributed by atoms with Crippen molar-refractivity contribution in [1.29, 1.82) is 0 Å². The SMILES string of the molecule is C#CC(Br)C#C. The zero-order chi connectivity index (χ0) is 4.99. The van der Waals surface area contributed by atoms with Crippen LogP contribution in [0.5, 0.6) is 0 Å². The molecule has 0 saturated heterocycles. The Morgan fingerprint density at radius 1 is 1.33 bits per heavy atom. The van der Waals surface area contributed by atoms with Gasteiger partial charge in [-0.2, -0.15) is 0 Å². The highest BCUT2D eigenvalue weighted by molar-refractivity contribution is 9.09. The van der Waals surface area contributed by atoms with Crippen LogP contribution in [0.2, 0.25) is 0 Å². The average molecular weight is 143 g/mol. The molecule has 0 aliphatic heterocycles. The van der Waals surface area contributed by atoms with E-state index >= 15 is 0 Å². The largest absolute Gasteiger partial charge is 0.135 e. The van der Waals surface area contributed by atoms with Crippen LogP contribution in [0, 0.1) is 24.7 Å². The topological polar surface area (TPSA) is 0 Å². The van der Waals surface area contributed by atoms with Gasteiger partial charge in [0, 0.05) is 0 Å². The zero-order valence-corrected chi connectivity index (χ0v) is 4.70. The van der Waals surface area contributed by atoms with E-state index in [1.54, 1.807) is 0 Å². The first kappa shape index (κ1) is 5.60. The normalized spacial score (nSPS) is 6.67. The van der Waals surface area contributed by atoms with Crippen molar-refractivity contribution in [2.75, 3.05) is 0 Å². The molecule has 0 heterocycles. The molecule has 30 valence electrons. The maximum Gasteiger partial charge on any atom is 0.135 e. The summed E-state index contributed by atoms with van der Waals surface area (Å²) in [5.41, 5.74) is 0. The van der Waals surface area contributed by atoms with Crippen LogP contribution in [0.1, 0.15) is 0 Å². The smallest absolute Gasteiger partial charge is 0.118 e. The maximum absolute atomic E-state index is 4.84. The van der Waals surface area contributed by atoms with Gasteiger partial charge in [-0.25, -0.2) is 0 Å². The van der Waals surface area contributed by atoms with E-state index in [-0.39, 0.29) is 4.83 Å². The molecule has 0 unspecified atom stereocenters. The maximum atomic E-state index is 4.84. The van der Waals surface area contributed by atoms with E-state index in [2.05, 4.69) is 27.8 Å². The number of alkyl halides is 1. The number of terminal acetylenes is 2. The molecule has 0 aromatic heterocycles. The lowest BCUT2D eigenvalue weighted by Crippen LogP contribution is -1.81. The summed E-state index contributed by atoms with van der Waals surface area (Å²) in [5.74, 6) is 4.59. The quantitative estimate of drug-likeness (QED) is 0.350. The first-order valence-corrected chi connectivity index (χ1v) is 2.29. The Morgan fingerprint density at radius 3 is 1.67 bits per heavy atom. The van der Waals surface area contributed by atoms with Crippen molar-refractivity contribution in [3.05, 3.63) is 0 Å². The molecule has 0 spiro atoms. The highest BCUT2D eigenvalue weighted by Gasteiger charge is 1.82. The summed E-state index contributed by atoms with van der Waals surface area (Å²) in [6.07, 6.45) is 9.69. The van der Waals surface area contributed by atoms with Crippen molar-refractivity contribution in [3.8, 4) is 24.7 Å². The Balaban J connectivity index is 3.40. The monoisotopic (exact) mass is 142 g/mol. The van der Waals surface area contributed by atoms with Crippen molar-refractivity contribution in [1.82, 2.24) is 0 Å². The van der Waals surface area contributed by atoms with Crippen LogP contribution < -0.4 is 0 Å². The van der Waals surface area contributed by atoms with Gasteiger partial charge in [0.25, 0.3) is 0 Å². The summed E-state index contributed by atoms with van der Waals surface area (Å²) < 4.78 is 0. The third-order valence-electron chi connectivity index (χ3n) is 0.293. The Morgan fingerprint density at radius 2 is 1.67 bits per heavy atom. The van der Waals surface area contributed by atoms with Crippen LogP contribution in [-0.2, 0) is 0 Å². The van der Waals surface area contributed by atoms with Crippen LogP contribution in [0.3, 0.4) is 0 Å². The lowest BCUT2D eigenvalue weighted by atomic mass is 10.5. The number of hydrogen-bond donors (Lipinski definition) is 0. The van der Waals surface area contributed by atoms with Gasteiger partial charge >= 0.3 is 0 Å². The predicted octanol–water partition coefficient (Wildman–Crippen LogP) is 1.02. The Hall–Kier alpha value is -0.400. The number of hydrogen-bond acceptors (Lipinski definition) is 0. The van der Waals surface area contributed by atoms with Crippen LogP contribution in [-0.4, -0.2) is 4.83 Å². The van der Waals surface area contributed by atoms with Gasteiger partial charge < -0.3 is 0 Å². The molecule has 1 heteroatoms. The zero-order valence-electron chi connectivity index (χ0n) is 3.11. The fraction of sp³-hybridized carbons (Fsp3) is 0.200. The fourth-order valence-corrected chi connectivity index (χ4v) is 0.0481. The molecule has 0 fully saturated rings. The molecular weight excluding hydrogens is 140 g/mol. The fourth-order valence-electron chi connectivity index (χ4n) is 0.0481. The number of rotatable bonds is 0. The molecule has 0 amide bonds. The minimum Gasteiger partial charge on any atom is -0.118 e. The molecule has 0 saturated carbocycles. The summed E-state index contributed by atoms with van der Waals surface area (Å²) >= 11 is 3.00. The predicted molar refractivity (Wildman–Crippen MR) is 30.4 cm³/mol. The van der Waals surface area contributed by atoms with Crippen LogP contribution in [0.25, 0.3) is 0 Å². The lowest BCUT2D eigenvalue weighted by Gasteiger charge is -1.78. The van der Waals surface area contributed by atoms with Gasteiger partial charge in [0.1, 0.15) is 4.83 Å². The van der Waals surface area contributed by atoms with Gasteiger partial charge in [0.2, 0.25) is 0 Å². The van der Waals surface area contributed by atoms with Gasteiger partial charge in [-0.05, 0) is 0 Å². The molecule has 0 aromatic carbocycles. The van der Waals surface area contributed by atoms with E-state index in [1.165, 1.54) is 0 Å². The van der Waals surface area contributed by atoms with E-state index in [0.717, 1.165) is 0 Å². The van der Waals surface area contributed by atoms with E-state index in [9.17, 15) is 0 Å². The summed E-state index contributed by atoms with van der Waals surface area (Å²) in [4.78, 5) is -0.197. The molecule has 0 aliphatic carbocycles. The molecule has 0 aromatic rings. The Bertz CT molecular complexity index is 88.1. The lowest BCUT2D eigenvalue weighted by molar-refractivity contribution is 1.64. The van der Waals surface area contributed by atoms with Crippen molar-refractivity contribution in [2.45, 2.75) is 4.83 Å². The van der Waals surface area contributed by atoms with Gasteiger partial charge in [0.05, 0.1) is 0 Å². The third-order valence-corrected chi connectivity index (χ3v) is 0.821. The van der Waals surface area contributed by atoms with Crippen molar-refractivity contribution in [3.63, 3.8) is 0 Å². The van der Waals surface area contributed by atoms with E-state index in [0.29, 0.717) is 0 Å². The molecule has 0 nitrogen and oxygen atoms in total. The molecule has 0 radical (unpaired) electrons. The summed E-state index contributed by atoms with van der Waals surface area (Å²) in [6.45, 7) is 0. The van der Waals surface area contributed by atoms with Gasteiger partial charge in [0.15, 0.2) is 0 Å². The highest BCUT2D eigenvalue weighted by atomic mass is 79.9. The third kappa shape index (κ3) is 1.88. The second-order valence-corrected chi connectivity index (χ2v) is 1.61. The van der Waals surface area contributed by atoms with Crippen molar-refractivity contribution >= 4 is 15.9 Å². The number of halogens is 1. The average Bonchev–Trinajstić information content (AvgIpc) is 1.65. The van der Waals surface area contributed by atoms with Crippen LogP contribution in [0.4, 0.5) is 0 Å². The van der Waals surface area contributed by atoms with Gasteiger partial charge in [-0.15, -0.1) is 12.8 Å². The standard InChI is InChI=1S/C5H3Br/c1-3-5(6)4-2/h1-2,5H. The summed E-state index contributed by atoms with van der Waals surface area (Å²) in [6, 6.07) is 0. The second kappa shape index (κ2) is 2.82. The first-order valence-electron chi connectivity index (χ1n) is 1.37. The van der Waals surface area contributed by atoms with Crippen LogP contribution in [0.15, 0.2) is 0 Å². The molecule has 6 heavy (non-hydrogen) atoms. The van der Waals surface area contributed by atoms with Gasteiger partial charge in [-0.3, -0.25) is 0 Å². The van der Waals surface area contributed by atoms with Gasteiger partial charge in [-0.1, -0.05) is 27.8 Å². The minimum atomic E-state index is -0.197. The van der Waals surface area contributed by atoms with Crippen molar-refractivity contribution < 1.29 is 0 Å². The van der Waals surface area contributed by atoms with E-state index in [4.69, 9.17) is 12.8 Å². The molecule has 0 N–H and O–H groups in total.